The van der Waals surface area contributed by atoms with Gasteiger partial charge in [0.25, 0.3) is 0 Å². The van der Waals surface area contributed by atoms with Gasteiger partial charge in [0.1, 0.15) is 22.3 Å². The maximum atomic E-state index is 6.54. The molecule has 0 atom stereocenters. The number of fused-ring (bicyclic) bond motifs is 11. The number of hydrogen-bond donors (Lipinski definition) is 0. The summed E-state index contributed by atoms with van der Waals surface area (Å²) < 4.78 is 13.0. The van der Waals surface area contributed by atoms with Crippen molar-refractivity contribution in [3.63, 3.8) is 0 Å². The molecule has 0 bridgehead atoms. The van der Waals surface area contributed by atoms with Crippen LogP contribution in [0.25, 0.3) is 110 Å². The molecule has 232 valence electrons. The molecule has 0 unspecified atom stereocenters. The van der Waals surface area contributed by atoms with Crippen LogP contribution in [-0.2, 0) is 0 Å². The Morgan fingerprint density at radius 3 is 1.60 bits per heavy atom. The fourth-order valence-electron chi connectivity index (χ4n) is 8.25. The summed E-state index contributed by atoms with van der Waals surface area (Å²) in [5.41, 5.74) is 10.8. The molecule has 0 N–H and O–H groups in total. The Morgan fingerprint density at radius 2 is 0.840 bits per heavy atom. The van der Waals surface area contributed by atoms with E-state index in [9.17, 15) is 0 Å². The first-order chi connectivity index (χ1) is 24.8. The summed E-state index contributed by atoms with van der Waals surface area (Å²) >= 11 is 0. The first kappa shape index (κ1) is 27.3. The van der Waals surface area contributed by atoms with Gasteiger partial charge >= 0.3 is 0 Å². The Morgan fingerprint density at radius 1 is 0.280 bits per heavy atom. The summed E-state index contributed by atoms with van der Waals surface area (Å²) in [7, 11) is 0. The lowest BCUT2D eigenvalue weighted by Crippen LogP contribution is -1.91. The number of hydrogen-bond acceptors (Lipinski definition) is 2. The van der Waals surface area contributed by atoms with Crippen molar-refractivity contribution < 1.29 is 8.83 Å². The zero-order valence-corrected chi connectivity index (χ0v) is 27.0. The summed E-state index contributed by atoms with van der Waals surface area (Å²) in [5, 5.41) is 11.7. The van der Waals surface area contributed by atoms with Crippen LogP contribution >= 0.6 is 0 Å². The Balaban J connectivity index is 1.15. The Kier molecular flexibility index (Phi) is 5.70. The molecule has 2 nitrogen and oxygen atoms in total. The van der Waals surface area contributed by atoms with Crippen molar-refractivity contribution in [3.8, 4) is 33.4 Å². The van der Waals surface area contributed by atoms with Gasteiger partial charge in [0, 0.05) is 26.9 Å². The predicted molar refractivity (Wildman–Crippen MR) is 210 cm³/mol. The highest BCUT2D eigenvalue weighted by Crippen LogP contribution is 2.45. The maximum absolute atomic E-state index is 6.54. The Hall–Kier alpha value is -6.64. The lowest BCUT2D eigenvalue weighted by atomic mass is 9.85. The molecule has 11 aromatic rings. The van der Waals surface area contributed by atoms with E-state index in [1.807, 2.05) is 12.1 Å². The molecule has 0 fully saturated rings. The molecule has 50 heavy (non-hydrogen) atoms. The van der Waals surface area contributed by atoms with Gasteiger partial charge in [0.15, 0.2) is 0 Å². The fraction of sp³-hybridized carbons (Fsp3) is 0. The van der Waals surface area contributed by atoms with Crippen LogP contribution in [0.5, 0.6) is 0 Å². The van der Waals surface area contributed by atoms with Gasteiger partial charge in [0.2, 0.25) is 0 Å². The molecule has 2 heteroatoms. The van der Waals surface area contributed by atoms with E-state index in [0.29, 0.717) is 0 Å². The smallest absolute Gasteiger partial charge is 0.144 e. The molecule has 0 amide bonds. The van der Waals surface area contributed by atoms with E-state index in [0.717, 1.165) is 65.8 Å². The average Bonchev–Trinajstić information content (AvgIpc) is 3.75. The molecule has 2 aromatic heterocycles. The van der Waals surface area contributed by atoms with E-state index in [1.165, 1.54) is 43.8 Å². The van der Waals surface area contributed by atoms with E-state index in [4.69, 9.17) is 8.83 Å². The third kappa shape index (κ3) is 3.90. The van der Waals surface area contributed by atoms with Gasteiger partial charge in [-0.2, -0.15) is 0 Å². The highest BCUT2D eigenvalue weighted by Gasteiger charge is 2.19. The van der Waals surface area contributed by atoms with Gasteiger partial charge in [-0.05, 0) is 96.7 Å². The third-order valence-electron chi connectivity index (χ3n) is 10.4. The summed E-state index contributed by atoms with van der Waals surface area (Å²) in [4.78, 5) is 0. The number of para-hydroxylation sites is 1. The van der Waals surface area contributed by atoms with Crippen molar-refractivity contribution in [1.29, 1.82) is 0 Å². The minimum Gasteiger partial charge on any atom is -0.456 e. The molecule has 0 spiro atoms. The van der Waals surface area contributed by atoms with Crippen LogP contribution in [0, 0.1) is 0 Å². The van der Waals surface area contributed by atoms with Crippen LogP contribution in [-0.4, -0.2) is 0 Å². The van der Waals surface area contributed by atoms with Crippen LogP contribution in [0.4, 0.5) is 0 Å². The normalized spacial score (nSPS) is 12.0. The molecular weight excluding hydrogens is 609 g/mol. The van der Waals surface area contributed by atoms with Crippen molar-refractivity contribution >= 4 is 76.2 Å². The van der Waals surface area contributed by atoms with E-state index in [2.05, 4.69) is 158 Å². The lowest BCUT2D eigenvalue weighted by molar-refractivity contribution is 0.668. The molecule has 11 rings (SSSR count). The molecule has 0 aliphatic carbocycles. The van der Waals surface area contributed by atoms with Gasteiger partial charge in [-0.25, -0.2) is 0 Å². The van der Waals surface area contributed by atoms with Crippen LogP contribution in [0.2, 0.25) is 0 Å². The number of rotatable bonds is 3. The quantitative estimate of drug-likeness (QED) is 0.180. The molecule has 0 saturated carbocycles. The summed E-state index contributed by atoms with van der Waals surface area (Å²) in [6.07, 6.45) is 0. The molecule has 0 radical (unpaired) electrons. The SMILES string of the molecule is c1ccc(-c2c3ccccc3c(-c3cccc(-c4ccc5oc6ccc7ccc8c9ccccc9oc8c7c6c5c4)c3)c3ccccc23)cc1. The van der Waals surface area contributed by atoms with Gasteiger partial charge in [-0.3, -0.25) is 0 Å². The zero-order chi connectivity index (χ0) is 32.8. The highest BCUT2D eigenvalue weighted by molar-refractivity contribution is 6.28. The first-order valence-corrected chi connectivity index (χ1v) is 17.1. The topological polar surface area (TPSA) is 26.3 Å². The van der Waals surface area contributed by atoms with Crippen molar-refractivity contribution in [2.75, 3.05) is 0 Å². The number of benzene rings is 9. The molecule has 0 aliphatic heterocycles. The molecular formula is C48H28O2. The van der Waals surface area contributed by atoms with E-state index < -0.39 is 0 Å². The third-order valence-corrected chi connectivity index (χ3v) is 10.4. The van der Waals surface area contributed by atoms with Crippen molar-refractivity contribution in [2.24, 2.45) is 0 Å². The van der Waals surface area contributed by atoms with Crippen molar-refractivity contribution in [3.05, 3.63) is 170 Å². The van der Waals surface area contributed by atoms with E-state index in [1.54, 1.807) is 0 Å². The van der Waals surface area contributed by atoms with Gasteiger partial charge < -0.3 is 8.83 Å². The minimum absolute atomic E-state index is 0.864. The molecule has 0 saturated heterocycles. The highest BCUT2D eigenvalue weighted by atomic mass is 16.3. The largest absolute Gasteiger partial charge is 0.456 e. The van der Waals surface area contributed by atoms with Crippen LogP contribution in [0.1, 0.15) is 0 Å². The van der Waals surface area contributed by atoms with E-state index >= 15 is 0 Å². The summed E-state index contributed by atoms with van der Waals surface area (Å²) in [6.45, 7) is 0. The predicted octanol–water partition coefficient (Wildman–Crippen LogP) is 13.9. The second kappa shape index (κ2) is 10.4. The molecule has 9 aromatic carbocycles. The fourth-order valence-corrected chi connectivity index (χ4v) is 8.25. The summed E-state index contributed by atoms with van der Waals surface area (Å²) in [5.74, 6) is 0. The monoisotopic (exact) mass is 636 g/mol. The average molecular weight is 637 g/mol. The van der Waals surface area contributed by atoms with Gasteiger partial charge in [-0.15, -0.1) is 0 Å². The second-order valence-corrected chi connectivity index (χ2v) is 13.2. The number of furan rings is 2. The van der Waals surface area contributed by atoms with Crippen molar-refractivity contribution in [1.82, 2.24) is 0 Å². The minimum atomic E-state index is 0.864. The second-order valence-electron chi connectivity index (χ2n) is 13.2. The Bertz CT molecular complexity index is 3080. The zero-order valence-electron chi connectivity index (χ0n) is 27.0. The standard InChI is InChI=1S/C48H28O2/c1-2-11-29(12-3-1)44-35-16-4-6-18-37(35)45(38-19-7-5-17-36(38)44)33-14-10-13-31(27-33)32-23-25-42-40(28-32)47-43(49-42)26-22-30-21-24-39-34-15-8-9-20-41(34)50-48(39)46(30)47/h1-28H. The summed E-state index contributed by atoms with van der Waals surface area (Å²) in [6, 6.07) is 60.9. The maximum Gasteiger partial charge on any atom is 0.144 e. The van der Waals surface area contributed by atoms with Gasteiger partial charge in [0.05, 0.1) is 0 Å². The lowest BCUT2D eigenvalue weighted by Gasteiger charge is -2.18. The van der Waals surface area contributed by atoms with Gasteiger partial charge in [-0.1, -0.05) is 133 Å². The van der Waals surface area contributed by atoms with Crippen molar-refractivity contribution in [2.45, 2.75) is 0 Å². The van der Waals surface area contributed by atoms with Crippen LogP contribution in [0.3, 0.4) is 0 Å². The first-order valence-electron chi connectivity index (χ1n) is 17.1. The molecule has 2 heterocycles. The van der Waals surface area contributed by atoms with Crippen LogP contribution < -0.4 is 0 Å². The van der Waals surface area contributed by atoms with Crippen LogP contribution in [0.15, 0.2) is 179 Å². The van der Waals surface area contributed by atoms with E-state index in [-0.39, 0.29) is 0 Å². The Labute approximate surface area is 287 Å². The molecule has 0 aliphatic rings.